The summed E-state index contributed by atoms with van der Waals surface area (Å²) in [6.45, 7) is 10.1. The van der Waals surface area contributed by atoms with E-state index in [1.165, 1.54) is 0 Å². The van der Waals surface area contributed by atoms with E-state index >= 15 is 0 Å². The van der Waals surface area contributed by atoms with Gasteiger partial charge in [-0.2, -0.15) is 4.98 Å². The summed E-state index contributed by atoms with van der Waals surface area (Å²) in [7, 11) is 0. The van der Waals surface area contributed by atoms with Gasteiger partial charge in [-0.05, 0) is 24.8 Å². The summed E-state index contributed by atoms with van der Waals surface area (Å²) in [5.41, 5.74) is 2.05. The Kier molecular flexibility index (Phi) is 5.53. The molecule has 0 fully saturated rings. The van der Waals surface area contributed by atoms with E-state index in [4.69, 9.17) is 4.52 Å². The maximum absolute atomic E-state index is 12.1. The minimum Gasteiger partial charge on any atom is -0.344 e. The number of aryl methyl sites for hydroxylation is 1. The Morgan fingerprint density at radius 2 is 2.00 bits per heavy atom. The van der Waals surface area contributed by atoms with Crippen molar-refractivity contribution in [3.05, 3.63) is 35.7 Å². The Balaban J connectivity index is 2.19. The van der Waals surface area contributed by atoms with E-state index in [1.54, 1.807) is 0 Å². The Bertz CT molecular complexity index is 662. The highest BCUT2D eigenvalue weighted by molar-refractivity contribution is 5.76. The fourth-order valence-corrected chi connectivity index (χ4v) is 2.38. The Morgan fingerprint density at radius 1 is 1.26 bits per heavy atom. The van der Waals surface area contributed by atoms with E-state index in [-0.39, 0.29) is 17.9 Å². The summed E-state index contributed by atoms with van der Waals surface area (Å²) in [6, 6.07) is 7.67. The Labute approximate surface area is 137 Å². The van der Waals surface area contributed by atoms with Crippen LogP contribution in [0.5, 0.6) is 0 Å². The molecule has 1 aromatic heterocycles. The van der Waals surface area contributed by atoms with Gasteiger partial charge in [-0.15, -0.1) is 0 Å². The summed E-state index contributed by atoms with van der Waals surface area (Å²) in [5.74, 6) is 1.49. The van der Waals surface area contributed by atoms with E-state index in [0.717, 1.165) is 11.1 Å². The zero-order chi connectivity index (χ0) is 17.0. The first-order chi connectivity index (χ1) is 10.9. The molecule has 0 saturated carbocycles. The van der Waals surface area contributed by atoms with Crippen LogP contribution in [0.4, 0.5) is 0 Å². The number of carbonyl (C=O) groups is 1. The second kappa shape index (κ2) is 7.40. The summed E-state index contributed by atoms with van der Waals surface area (Å²) in [4.78, 5) is 16.5. The van der Waals surface area contributed by atoms with E-state index in [0.29, 0.717) is 24.1 Å². The highest BCUT2D eigenvalue weighted by Crippen LogP contribution is 2.24. The molecule has 2 rings (SSSR count). The third-order valence-corrected chi connectivity index (χ3v) is 3.56. The van der Waals surface area contributed by atoms with Gasteiger partial charge in [0.15, 0.2) is 0 Å². The monoisotopic (exact) mass is 315 g/mol. The van der Waals surface area contributed by atoms with Gasteiger partial charge in [0.25, 0.3) is 0 Å². The molecule has 23 heavy (non-hydrogen) atoms. The Morgan fingerprint density at radius 3 is 2.61 bits per heavy atom. The minimum atomic E-state index is -0.271. The largest absolute Gasteiger partial charge is 0.344 e. The molecule has 1 heterocycles. The molecule has 0 saturated heterocycles. The number of rotatable bonds is 6. The van der Waals surface area contributed by atoms with Crippen molar-refractivity contribution in [2.45, 2.75) is 47.1 Å². The van der Waals surface area contributed by atoms with Gasteiger partial charge in [-0.25, -0.2) is 0 Å². The van der Waals surface area contributed by atoms with E-state index < -0.39 is 0 Å². The van der Waals surface area contributed by atoms with Crippen molar-refractivity contribution in [3.63, 3.8) is 0 Å². The molecule has 2 aromatic rings. The van der Waals surface area contributed by atoms with Crippen molar-refractivity contribution in [3.8, 4) is 11.4 Å². The van der Waals surface area contributed by atoms with Crippen LogP contribution in [0.25, 0.3) is 11.4 Å². The third kappa shape index (κ3) is 4.65. The maximum atomic E-state index is 12.1. The van der Waals surface area contributed by atoms with Crippen molar-refractivity contribution < 1.29 is 9.32 Å². The van der Waals surface area contributed by atoms with Crippen LogP contribution in [-0.2, 0) is 4.79 Å². The van der Waals surface area contributed by atoms with Crippen LogP contribution in [0.2, 0.25) is 0 Å². The summed E-state index contributed by atoms with van der Waals surface area (Å²) in [6.07, 6.45) is 0.488. The van der Waals surface area contributed by atoms with Gasteiger partial charge in [0.2, 0.25) is 17.6 Å². The zero-order valence-electron chi connectivity index (χ0n) is 14.5. The molecule has 0 aliphatic carbocycles. The molecular formula is C18H25N3O2. The quantitative estimate of drug-likeness (QED) is 0.877. The molecule has 1 aromatic carbocycles. The molecule has 124 valence electrons. The number of amides is 1. The average Bonchev–Trinajstić information content (AvgIpc) is 2.93. The SMILES string of the molecule is Cc1cccc(-c2noc([C@@H](NC(=O)CC(C)C)C(C)C)n2)c1. The lowest BCUT2D eigenvalue weighted by atomic mass is 10.0. The molecule has 0 aliphatic rings. The molecule has 1 N–H and O–H groups in total. The summed E-state index contributed by atoms with van der Waals surface area (Å²) >= 11 is 0. The van der Waals surface area contributed by atoms with Crippen molar-refractivity contribution in [2.24, 2.45) is 11.8 Å². The molecule has 0 aliphatic heterocycles. The zero-order valence-corrected chi connectivity index (χ0v) is 14.5. The van der Waals surface area contributed by atoms with Gasteiger partial charge >= 0.3 is 0 Å². The van der Waals surface area contributed by atoms with Crippen molar-refractivity contribution in [1.29, 1.82) is 0 Å². The van der Waals surface area contributed by atoms with Crippen molar-refractivity contribution in [2.75, 3.05) is 0 Å². The molecule has 1 amide bonds. The lowest BCUT2D eigenvalue weighted by Gasteiger charge is -2.19. The number of nitrogens with zero attached hydrogens (tertiary/aromatic N) is 2. The van der Waals surface area contributed by atoms with Crippen LogP contribution in [-0.4, -0.2) is 16.0 Å². The van der Waals surface area contributed by atoms with Crippen LogP contribution in [0.3, 0.4) is 0 Å². The van der Waals surface area contributed by atoms with Gasteiger partial charge in [0.1, 0.15) is 6.04 Å². The molecule has 0 unspecified atom stereocenters. The van der Waals surface area contributed by atoms with E-state index in [1.807, 2.05) is 58.9 Å². The fraction of sp³-hybridized carbons (Fsp3) is 0.500. The topological polar surface area (TPSA) is 68.0 Å². The first-order valence-corrected chi connectivity index (χ1v) is 8.06. The number of hydrogen-bond donors (Lipinski definition) is 1. The lowest BCUT2D eigenvalue weighted by Crippen LogP contribution is -2.32. The standard InChI is InChI=1S/C18H25N3O2/c1-11(2)9-15(22)19-16(12(3)4)18-20-17(21-23-18)14-8-6-7-13(5)10-14/h6-8,10-12,16H,9H2,1-5H3,(H,19,22)/t16-/m0/s1. The molecule has 0 spiro atoms. The number of benzene rings is 1. The predicted octanol–water partition coefficient (Wildman–Crippen LogP) is 3.90. The van der Waals surface area contributed by atoms with Gasteiger partial charge in [-0.3, -0.25) is 4.79 Å². The highest BCUT2D eigenvalue weighted by atomic mass is 16.5. The highest BCUT2D eigenvalue weighted by Gasteiger charge is 2.25. The fourth-order valence-electron chi connectivity index (χ4n) is 2.38. The minimum absolute atomic E-state index is 0.00834. The molecule has 0 bridgehead atoms. The van der Waals surface area contributed by atoms with Crippen LogP contribution < -0.4 is 5.32 Å². The van der Waals surface area contributed by atoms with Crippen LogP contribution >= 0.6 is 0 Å². The van der Waals surface area contributed by atoms with Crippen molar-refractivity contribution >= 4 is 5.91 Å². The molecular weight excluding hydrogens is 290 g/mol. The first-order valence-electron chi connectivity index (χ1n) is 8.06. The number of aromatic nitrogens is 2. The van der Waals surface area contributed by atoms with Gasteiger partial charge < -0.3 is 9.84 Å². The van der Waals surface area contributed by atoms with Crippen molar-refractivity contribution in [1.82, 2.24) is 15.5 Å². The molecule has 5 heteroatoms. The van der Waals surface area contributed by atoms with Gasteiger partial charge in [0.05, 0.1) is 0 Å². The second-order valence-corrected chi connectivity index (χ2v) is 6.71. The Hall–Kier alpha value is -2.17. The molecule has 5 nitrogen and oxygen atoms in total. The predicted molar refractivity (Wildman–Crippen MR) is 89.6 cm³/mol. The second-order valence-electron chi connectivity index (χ2n) is 6.71. The normalized spacial score (nSPS) is 12.7. The van der Waals surface area contributed by atoms with Crippen LogP contribution in [0.1, 0.15) is 51.6 Å². The summed E-state index contributed by atoms with van der Waals surface area (Å²) in [5, 5.41) is 7.07. The van der Waals surface area contributed by atoms with Gasteiger partial charge in [-0.1, -0.05) is 56.6 Å². The number of carbonyl (C=O) groups excluding carboxylic acids is 1. The van der Waals surface area contributed by atoms with E-state index in [2.05, 4.69) is 15.5 Å². The van der Waals surface area contributed by atoms with Crippen LogP contribution in [0.15, 0.2) is 28.8 Å². The van der Waals surface area contributed by atoms with E-state index in [9.17, 15) is 4.79 Å². The number of hydrogen-bond acceptors (Lipinski definition) is 4. The smallest absolute Gasteiger partial charge is 0.249 e. The average molecular weight is 315 g/mol. The lowest BCUT2D eigenvalue weighted by molar-refractivity contribution is -0.123. The van der Waals surface area contributed by atoms with Crippen LogP contribution in [0, 0.1) is 18.8 Å². The maximum Gasteiger partial charge on any atom is 0.249 e. The third-order valence-electron chi connectivity index (χ3n) is 3.56. The number of nitrogens with one attached hydrogen (secondary N) is 1. The first kappa shape index (κ1) is 17.2. The van der Waals surface area contributed by atoms with Gasteiger partial charge in [0, 0.05) is 12.0 Å². The summed E-state index contributed by atoms with van der Waals surface area (Å²) < 4.78 is 5.41. The molecule has 0 radical (unpaired) electrons. The molecule has 1 atom stereocenters.